The van der Waals surface area contributed by atoms with E-state index in [1.165, 1.54) is 19.6 Å². The van der Waals surface area contributed by atoms with E-state index in [1.54, 1.807) is 4.57 Å². The summed E-state index contributed by atoms with van der Waals surface area (Å²) in [7, 11) is -15.9. The SMILES string of the molecule is C[C@H](Cn1cnc2c(NCCNC(=O)CCCCS)ncnc21)OCP(=O)(O)OP(=O)(O)OP(=O)(O)O. The zero-order valence-corrected chi connectivity index (χ0v) is 23.2. The van der Waals surface area contributed by atoms with Gasteiger partial charge in [-0.15, -0.1) is 0 Å². The number of unbranched alkanes of at least 4 members (excludes halogenated alkanes) is 1. The molecule has 0 saturated heterocycles. The fourth-order valence-corrected chi connectivity index (χ4v) is 6.51. The van der Waals surface area contributed by atoms with E-state index in [4.69, 9.17) is 14.5 Å². The van der Waals surface area contributed by atoms with Gasteiger partial charge in [-0.1, -0.05) is 0 Å². The summed E-state index contributed by atoms with van der Waals surface area (Å²) in [5, 5.41) is 5.87. The summed E-state index contributed by atoms with van der Waals surface area (Å²) < 4.78 is 48.4. The van der Waals surface area contributed by atoms with Gasteiger partial charge in [-0.25, -0.2) is 28.4 Å². The Morgan fingerprint density at radius 3 is 2.51 bits per heavy atom. The van der Waals surface area contributed by atoms with Crippen molar-refractivity contribution in [1.29, 1.82) is 0 Å². The summed E-state index contributed by atoms with van der Waals surface area (Å²) in [5.74, 6) is 1.11. The van der Waals surface area contributed by atoms with Gasteiger partial charge in [0.05, 0.1) is 19.0 Å². The minimum Gasteiger partial charge on any atom is -0.366 e. The van der Waals surface area contributed by atoms with Crippen molar-refractivity contribution < 1.29 is 51.4 Å². The molecule has 1 amide bonds. The summed E-state index contributed by atoms with van der Waals surface area (Å²) in [5.41, 5.74) is 0.851. The number of aromatic nitrogens is 4. The lowest BCUT2D eigenvalue weighted by Crippen LogP contribution is -2.28. The molecule has 0 fully saturated rings. The number of thiol groups is 1. The topological polar surface area (TPSA) is 245 Å². The van der Waals surface area contributed by atoms with Crippen molar-refractivity contribution in [2.24, 2.45) is 0 Å². The van der Waals surface area contributed by atoms with Crippen LogP contribution in [-0.4, -0.2) is 76.3 Å². The Labute approximate surface area is 217 Å². The first kappa shape index (κ1) is 31.8. The zero-order valence-electron chi connectivity index (χ0n) is 19.6. The molecule has 0 aliphatic rings. The second-order valence-corrected chi connectivity index (χ2v) is 12.8. The average Bonchev–Trinajstić information content (AvgIpc) is 3.16. The average molecular weight is 606 g/mol. The second-order valence-electron chi connectivity index (χ2n) is 7.62. The number of nitrogens with one attached hydrogen (secondary N) is 2. The molecule has 2 unspecified atom stereocenters. The molecule has 2 heterocycles. The van der Waals surface area contributed by atoms with E-state index in [0.717, 1.165) is 18.6 Å². The van der Waals surface area contributed by atoms with E-state index in [1.807, 2.05) is 0 Å². The molecule has 0 bridgehead atoms. The molecule has 21 heteroatoms. The van der Waals surface area contributed by atoms with Crippen LogP contribution in [0.2, 0.25) is 0 Å². The van der Waals surface area contributed by atoms with E-state index < -0.39 is 35.7 Å². The largest absolute Gasteiger partial charge is 0.488 e. The fourth-order valence-electron chi connectivity index (χ4n) is 2.90. The fraction of sp³-hybridized carbons (Fsp3) is 0.625. The molecule has 0 saturated carbocycles. The molecule has 6 N–H and O–H groups in total. The van der Waals surface area contributed by atoms with Gasteiger partial charge in [0.25, 0.3) is 0 Å². The molecule has 0 radical (unpaired) electrons. The number of imidazole rings is 1. The summed E-state index contributed by atoms with van der Waals surface area (Å²) in [6.07, 6.45) is 2.99. The lowest BCUT2D eigenvalue weighted by molar-refractivity contribution is -0.121. The van der Waals surface area contributed by atoms with Crippen LogP contribution in [0.3, 0.4) is 0 Å². The van der Waals surface area contributed by atoms with Gasteiger partial charge < -0.3 is 39.5 Å². The number of nitrogens with zero attached hydrogens (tertiary/aromatic N) is 4. The van der Waals surface area contributed by atoms with Crippen LogP contribution in [0.1, 0.15) is 26.2 Å². The van der Waals surface area contributed by atoms with Gasteiger partial charge in [-0.3, -0.25) is 9.36 Å². The van der Waals surface area contributed by atoms with Gasteiger partial charge in [-0.2, -0.15) is 16.9 Å². The Morgan fingerprint density at radius 1 is 1.11 bits per heavy atom. The van der Waals surface area contributed by atoms with Crippen molar-refractivity contribution >= 4 is 58.8 Å². The van der Waals surface area contributed by atoms with Crippen LogP contribution in [0.25, 0.3) is 11.2 Å². The number of carbonyl (C=O) groups excluding carboxylic acids is 1. The molecule has 2 aromatic rings. The third kappa shape index (κ3) is 11.9. The molecule has 0 aliphatic carbocycles. The molecule has 17 nitrogen and oxygen atoms in total. The van der Waals surface area contributed by atoms with E-state index in [9.17, 15) is 28.3 Å². The number of fused-ring (bicyclic) bond motifs is 1. The number of ether oxygens (including phenoxy) is 1. The smallest absolute Gasteiger partial charge is 0.366 e. The normalized spacial score (nSPS) is 16.2. The van der Waals surface area contributed by atoms with Crippen LogP contribution in [0, 0.1) is 0 Å². The number of carbonyl (C=O) groups is 1. The minimum absolute atomic E-state index is 0.0522. The van der Waals surface area contributed by atoms with Gasteiger partial charge in [0.15, 0.2) is 11.5 Å². The Bertz CT molecular complexity index is 1190. The maximum Gasteiger partial charge on any atom is 0.488 e. The highest BCUT2D eigenvalue weighted by Crippen LogP contribution is 2.65. The van der Waals surface area contributed by atoms with Crippen LogP contribution in [-0.2, 0) is 38.4 Å². The van der Waals surface area contributed by atoms with Crippen molar-refractivity contribution in [3.8, 4) is 0 Å². The number of phosphoric acid groups is 2. The number of anilines is 1. The summed E-state index contributed by atoms with van der Waals surface area (Å²) in [6.45, 7) is 2.38. The third-order valence-electron chi connectivity index (χ3n) is 4.37. The minimum atomic E-state index is -5.54. The maximum atomic E-state index is 12.0. The first-order valence-electron chi connectivity index (χ1n) is 10.7. The summed E-state index contributed by atoms with van der Waals surface area (Å²) in [4.78, 5) is 60.4. The second kappa shape index (κ2) is 14.1. The van der Waals surface area contributed by atoms with Gasteiger partial charge in [0.2, 0.25) is 5.91 Å². The van der Waals surface area contributed by atoms with E-state index >= 15 is 0 Å². The van der Waals surface area contributed by atoms with Crippen molar-refractivity contribution in [2.75, 3.05) is 30.5 Å². The van der Waals surface area contributed by atoms with Crippen LogP contribution in [0.4, 0.5) is 5.82 Å². The van der Waals surface area contributed by atoms with Crippen molar-refractivity contribution in [1.82, 2.24) is 24.8 Å². The van der Waals surface area contributed by atoms with Gasteiger partial charge >= 0.3 is 23.2 Å². The Morgan fingerprint density at radius 2 is 1.84 bits per heavy atom. The number of amides is 1. The summed E-state index contributed by atoms with van der Waals surface area (Å²) in [6, 6.07) is 0. The van der Waals surface area contributed by atoms with Crippen molar-refractivity contribution in [2.45, 2.75) is 38.8 Å². The Kier molecular flexibility index (Phi) is 12.1. The van der Waals surface area contributed by atoms with Crippen molar-refractivity contribution in [3.63, 3.8) is 0 Å². The molecule has 0 spiro atoms. The molecule has 2 aromatic heterocycles. The predicted molar refractivity (Wildman–Crippen MR) is 134 cm³/mol. The number of rotatable bonds is 17. The van der Waals surface area contributed by atoms with Gasteiger partial charge in [-0.05, 0) is 25.5 Å². The van der Waals surface area contributed by atoms with Crippen LogP contribution in [0.15, 0.2) is 12.7 Å². The monoisotopic (exact) mass is 606 g/mol. The first-order chi connectivity index (χ1) is 17.2. The lowest BCUT2D eigenvalue weighted by Gasteiger charge is -2.19. The maximum absolute atomic E-state index is 12.0. The molecule has 210 valence electrons. The predicted octanol–water partition coefficient (Wildman–Crippen LogP) is 1.23. The summed E-state index contributed by atoms with van der Waals surface area (Å²) >= 11 is 4.11. The highest BCUT2D eigenvalue weighted by atomic mass is 32.1. The Balaban J connectivity index is 1.89. The van der Waals surface area contributed by atoms with E-state index in [-0.39, 0.29) is 12.5 Å². The zero-order chi connectivity index (χ0) is 27.7. The third-order valence-corrected chi connectivity index (χ3v) is 8.68. The highest BCUT2D eigenvalue weighted by Gasteiger charge is 2.39. The van der Waals surface area contributed by atoms with Crippen molar-refractivity contribution in [3.05, 3.63) is 12.7 Å². The number of hydrogen-bond donors (Lipinski definition) is 7. The number of hydrogen-bond acceptors (Lipinski definition) is 12. The molecule has 3 atom stereocenters. The molecular formula is C16H29N6O11P3S. The molecule has 0 aliphatic heterocycles. The van der Waals surface area contributed by atoms with Crippen LogP contribution < -0.4 is 10.6 Å². The first-order valence-corrected chi connectivity index (χ1v) is 16.1. The standard InChI is InChI=1S/C16H29N6O11P3S/c1-12(31-11-34(24,25)32-36(29,30)33-35(26,27)28)8-22-10-21-14-15(19-9-20-16(14)22)18-6-5-17-13(23)4-2-3-7-37/h9-10,12,37H,2-8,11H2,1H3,(H,17,23)(H,24,25)(H,29,30)(H,18,19,20)(H2,26,27,28)/t12-/m1/s1. The quantitative estimate of drug-likeness (QED) is 0.0760. The van der Waals surface area contributed by atoms with Gasteiger partial charge in [0, 0.05) is 19.5 Å². The lowest BCUT2D eigenvalue weighted by atomic mass is 10.2. The molecule has 2 rings (SSSR count). The van der Waals surface area contributed by atoms with E-state index in [2.05, 4.69) is 46.8 Å². The molecule has 37 heavy (non-hydrogen) atoms. The van der Waals surface area contributed by atoms with E-state index in [0.29, 0.717) is 36.5 Å². The van der Waals surface area contributed by atoms with Crippen LogP contribution in [0.5, 0.6) is 0 Å². The van der Waals surface area contributed by atoms with Gasteiger partial charge in [0.1, 0.15) is 18.2 Å². The highest BCUT2D eigenvalue weighted by molar-refractivity contribution is 7.80. The molecular weight excluding hydrogens is 577 g/mol. The van der Waals surface area contributed by atoms with Crippen LogP contribution >= 0.6 is 35.9 Å². The Hall–Kier alpha value is -1.42. The molecule has 0 aromatic carbocycles.